The summed E-state index contributed by atoms with van der Waals surface area (Å²) < 4.78 is 7.93. The van der Waals surface area contributed by atoms with Gasteiger partial charge in [0.15, 0.2) is 13.9 Å². The van der Waals surface area contributed by atoms with Gasteiger partial charge in [-0.05, 0) is 65.0 Å². The minimum absolute atomic E-state index is 0.0210. The molecular weight excluding hydrogens is 647 g/mol. The van der Waals surface area contributed by atoms with Gasteiger partial charge in [-0.1, -0.05) is 67.6 Å². The monoisotopic (exact) mass is 684 g/mol. The number of carbonyl (C=O) groups excluding carboxylic acids is 2. The Bertz CT molecular complexity index is 1400. The smallest absolute Gasteiger partial charge is 0.264 e. The van der Waals surface area contributed by atoms with Crippen molar-refractivity contribution in [1.82, 2.24) is 4.90 Å². The second kappa shape index (κ2) is 12.0. The molecule has 0 bridgehead atoms. The number of benzene rings is 3. The summed E-state index contributed by atoms with van der Waals surface area (Å²) in [6.45, 7) is 6.50. The topological polar surface area (TPSA) is 90.3 Å². The molecule has 3 aromatic carbocycles. The van der Waals surface area contributed by atoms with Gasteiger partial charge in [0.05, 0.1) is 31.4 Å². The molecule has 1 fully saturated rings. The van der Waals surface area contributed by atoms with Gasteiger partial charge >= 0.3 is 0 Å². The van der Waals surface area contributed by atoms with Gasteiger partial charge in [-0.2, -0.15) is 0 Å². The van der Waals surface area contributed by atoms with Crippen LogP contribution in [0.25, 0.3) is 0 Å². The first-order valence-electron chi connectivity index (χ1n) is 14.0. The number of rotatable bonds is 9. The molecule has 0 aromatic heterocycles. The Morgan fingerprint density at radius 3 is 2.34 bits per heavy atom. The number of anilines is 1. The fraction of sp³-hybridized carbons (Fsp3) is 0.375. The summed E-state index contributed by atoms with van der Waals surface area (Å²) in [6, 6.07) is 25.5. The van der Waals surface area contributed by atoms with Crippen LogP contribution in [0.1, 0.15) is 30.0 Å². The van der Waals surface area contributed by atoms with Crippen molar-refractivity contribution in [2.24, 2.45) is 5.92 Å². The van der Waals surface area contributed by atoms with Crippen molar-refractivity contribution in [3.63, 3.8) is 0 Å². The van der Waals surface area contributed by atoms with Crippen LogP contribution in [-0.4, -0.2) is 54.2 Å². The van der Waals surface area contributed by atoms with Crippen molar-refractivity contribution >= 4 is 48.4 Å². The predicted octanol–water partition coefficient (Wildman–Crippen LogP) is 5.05. The number of carbonyl (C=O) groups is 2. The van der Waals surface area contributed by atoms with E-state index in [-0.39, 0.29) is 42.8 Å². The Morgan fingerprint density at radius 2 is 1.68 bits per heavy atom. The maximum atomic E-state index is 14.5. The number of halogens is 1. The Morgan fingerprint density at radius 1 is 1.02 bits per heavy atom. The number of hydrogen-bond acceptors (Lipinski definition) is 5. The minimum Gasteiger partial charge on any atom is -0.432 e. The van der Waals surface area contributed by atoms with Crippen LogP contribution in [0.15, 0.2) is 78.9 Å². The molecule has 41 heavy (non-hydrogen) atoms. The molecule has 1 spiro atoms. The maximum absolute atomic E-state index is 14.5. The van der Waals surface area contributed by atoms with Gasteiger partial charge in [0, 0.05) is 33.7 Å². The van der Waals surface area contributed by atoms with E-state index in [2.05, 4.69) is 22.6 Å². The van der Waals surface area contributed by atoms with Gasteiger partial charge in [0.2, 0.25) is 5.91 Å². The van der Waals surface area contributed by atoms with Crippen molar-refractivity contribution in [3.05, 3.63) is 99.1 Å². The third-order valence-corrected chi connectivity index (χ3v) is 11.7. The van der Waals surface area contributed by atoms with E-state index in [0.29, 0.717) is 13.1 Å². The highest BCUT2D eigenvalue weighted by Crippen LogP contribution is 2.59. The highest BCUT2D eigenvalue weighted by atomic mass is 127. The first kappa shape index (κ1) is 29.9. The first-order chi connectivity index (χ1) is 19.6. The number of nitrogens with zero attached hydrogens (tertiary/aromatic N) is 2. The van der Waals surface area contributed by atoms with Crippen molar-refractivity contribution in [2.45, 2.75) is 56.8 Å². The number of ether oxygens (including phenoxy) is 1. The summed E-state index contributed by atoms with van der Waals surface area (Å²) in [5, 5.41) is 9.72. The molecule has 2 heterocycles. The van der Waals surface area contributed by atoms with Crippen molar-refractivity contribution in [1.29, 1.82) is 0 Å². The quantitative estimate of drug-likeness (QED) is 0.244. The molecule has 3 aromatic rings. The molecule has 0 radical (unpaired) electrons. The molecule has 0 aliphatic carbocycles. The summed E-state index contributed by atoms with van der Waals surface area (Å²) in [4.78, 5) is 43.1. The van der Waals surface area contributed by atoms with E-state index < -0.39 is 20.0 Å². The lowest BCUT2D eigenvalue weighted by Gasteiger charge is -2.32. The molecule has 1 saturated heterocycles. The first-order valence-corrected chi connectivity index (χ1v) is 18.1. The molecule has 7 nitrogen and oxygen atoms in total. The SMILES string of the molecule is C[C@@H]1[C@@H]([Si](C)(C)O)[C@H](CC(=O)N(CCO)Cc2ccccc2)O[C@@]12C(=O)N(Cc1ccc(I)cc1)c1ccccc12. The minimum atomic E-state index is -2.91. The third-order valence-electron chi connectivity index (χ3n) is 8.46. The van der Waals surface area contributed by atoms with Crippen LogP contribution in [-0.2, 0) is 33.0 Å². The molecule has 0 unspecified atom stereocenters. The Hall–Kier alpha value is -2.57. The van der Waals surface area contributed by atoms with Gasteiger partial charge in [-0.3, -0.25) is 9.59 Å². The van der Waals surface area contributed by atoms with Crippen LogP contribution < -0.4 is 4.90 Å². The van der Waals surface area contributed by atoms with Gasteiger partial charge < -0.3 is 24.4 Å². The predicted molar refractivity (Wildman–Crippen MR) is 170 cm³/mol. The molecule has 2 aliphatic heterocycles. The van der Waals surface area contributed by atoms with Gasteiger partial charge in [0.25, 0.3) is 5.91 Å². The molecule has 0 saturated carbocycles. The fourth-order valence-corrected chi connectivity index (χ4v) is 9.59. The largest absolute Gasteiger partial charge is 0.432 e. The Balaban J connectivity index is 1.48. The summed E-state index contributed by atoms with van der Waals surface area (Å²) in [5.41, 5.74) is 1.93. The lowest BCUT2D eigenvalue weighted by molar-refractivity contribution is -0.150. The zero-order valence-corrected chi connectivity index (χ0v) is 26.8. The van der Waals surface area contributed by atoms with Crippen LogP contribution in [0.2, 0.25) is 18.6 Å². The summed E-state index contributed by atoms with van der Waals surface area (Å²) >= 11 is 2.27. The highest BCUT2D eigenvalue weighted by Gasteiger charge is 2.66. The number of aliphatic hydroxyl groups is 1. The maximum Gasteiger partial charge on any atom is 0.264 e. The van der Waals surface area contributed by atoms with Gasteiger partial charge in [0.1, 0.15) is 0 Å². The van der Waals surface area contributed by atoms with E-state index in [1.165, 1.54) is 0 Å². The van der Waals surface area contributed by atoms with Crippen LogP contribution in [0.4, 0.5) is 5.69 Å². The van der Waals surface area contributed by atoms with Crippen molar-refractivity contribution in [3.8, 4) is 0 Å². The Kier molecular flexibility index (Phi) is 8.73. The zero-order valence-electron chi connectivity index (χ0n) is 23.7. The molecule has 216 valence electrons. The van der Waals surface area contributed by atoms with E-state index >= 15 is 0 Å². The number of aliphatic hydroxyl groups excluding tert-OH is 1. The highest BCUT2D eigenvalue weighted by molar-refractivity contribution is 14.1. The summed E-state index contributed by atoms with van der Waals surface area (Å²) in [7, 11) is -2.91. The van der Waals surface area contributed by atoms with E-state index in [1.807, 2.05) is 98.9 Å². The molecule has 2 aliphatic rings. The summed E-state index contributed by atoms with van der Waals surface area (Å²) in [6.07, 6.45) is -0.621. The molecular formula is C32H37IN2O5Si. The fourth-order valence-electron chi connectivity index (χ4n) is 6.68. The van der Waals surface area contributed by atoms with Gasteiger partial charge in [-0.25, -0.2) is 0 Å². The number of hydrogen-bond donors (Lipinski definition) is 2. The average molecular weight is 685 g/mol. The van der Waals surface area contributed by atoms with Crippen LogP contribution in [0.5, 0.6) is 0 Å². The summed E-state index contributed by atoms with van der Waals surface area (Å²) in [5.74, 6) is -0.669. The molecule has 2 N–H and O–H groups in total. The van der Waals surface area contributed by atoms with E-state index in [4.69, 9.17) is 4.74 Å². The molecule has 4 atom stereocenters. The van der Waals surface area contributed by atoms with Crippen LogP contribution in [0, 0.1) is 9.49 Å². The molecule has 2 amide bonds. The zero-order chi connectivity index (χ0) is 29.4. The lowest BCUT2D eigenvalue weighted by atomic mass is 9.82. The van der Waals surface area contributed by atoms with E-state index in [9.17, 15) is 19.5 Å². The standard InChI is InChI=1S/C32H37IN2O5Si/c1-22-30(41(2,3)39)28(19-29(37)34(17-18-36)20-23-9-5-4-6-10-23)40-32(22)26-11-7-8-12-27(26)35(31(32)38)21-24-13-15-25(33)16-14-24/h4-16,22,28,30,36,39H,17-21H2,1-3H3/t22-,28+,30-,32+/m1/s1. The molecule has 9 heteroatoms. The van der Waals surface area contributed by atoms with Gasteiger partial charge in [-0.15, -0.1) is 0 Å². The average Bonchev–Trinajstić information content (AvgIpc) is 3.37. The normalized spacial score (nSPS) is 23.7. The van der Waals surface area contributed by atoms with Crippen LogP contribution >= 0.6 is 22.6 Å². The number of para-hydroxylation sites is 1. The number of fused-ring (bicyclic) bond motifs is 2. The number of amides is 2. The second-order valence-corrected chi connectivity index (χ2v) is 16.8. The van der Waals surface area contributed by atoms with Crippen molar-refractivity contribution in [2.75, 3.05) is 18.1 Å². The lowest BCUT2D eigenvalue weighted by Crippen LogP contribution is -2.46. The molecule has 5 rings (SSSR count). The van der Waals surface area contributed by atoms with Crippen molar-refractivity contribution < 1.29 is 24.2 Å². The van der Waals surface area contributed by atoms with E-state index in [0.717, 1.165) is 25.9 Å². The third kappa shape index (κ3) is 5.74. The van der Waals surface area contributed by atoms with Crippen LogP contribution in [0.3, 0.4) is 0 Å². The second-order valence-electron chi connectivity index (χ2n) is 11.6. The Labute approximate surface area is 256 Å². The van der Waals surface area contributed by atoms with E-state index in [1.54, 1.807) is 9.80 Å².